The Morgan fingerprint density at radius 1 is 1.13 bits per heavy atom. The second-order valence-electron chi connectivity index (χ2n) is 5.29. The normalized spacial score (nSPS) is 9.91. The van der Waals surface area contributed by atoms with Crippen molar-refractivity contribution in [2.75, 3.05) is 20.3 Å². The average Bonchev–Trinajstić information content (AvgIpc) is 2.57. The highest BCUT2D eigenvalue weighted by Crippen LogP contribution is 2.25. The lowest BCUT2D eigenvalue weighted by Crippen LogP contribution is -2.31. The molecule has 0 saturated carbocycles. The molecule has 4 heteroatoms. The maximum atomic E-state index is 12.0. The molecule has 0 spiro atoms. The summed E-state index contributed by atoms with van der Waals surface area (Å²) in [4.78, 5) is 12.0. The Morgan fingerprint density at radius 2 is 1.78 bits per heavy atom. The number of carbonyl (C=O) groups is 1. The lowest BCUT2D eigenvalue weighted by molar-refractivity contribution is -0.125. The van der Waals surface area contributed by atoms with Crippen LogP contribution in [-0.4, -0.2) is 26.2 Å². The summed E-state index contributed by atoms with van der Waals surface area (Å²) in [5.41, 5.74) is 0. The van der Waals surface area contributed by atoms with Crippen LogP contribution in [-0.2, 0) is 4.79 Å². The van der Waals surface area contributed by atoms with Crippen LogP contribution in [0.2, 0.25) is 0 Å². The molecule has 0 fully saturated rings. The van der Waals surface area contributed by atoms with Crippen LogP contribution in [0.1, 0.15) is 39.5 Å². The van der Waals surface area contributed by atoms with Crippen molar-refractivity contribution >= 4 is 5.91 Å². The molecule has 126 valence electrons. The van der Waals surface area contributed by atoms with Crippen molar-refractivity contribution in [2.24, 2.45) is 5.92 Å². The van der Waals surface area contributed by atoms with Crippen molar-refractivity contribution in [2.45, 2.75) is 39.5 Å². The van der Waals surface area contributed by atoms with Gasteiger partial charge in [-0.05, 0) is 25.0 Å². The van der Waals surface area contributed by atoms with Crippen molar-refractivity contribution in [3.05, 3.63) is 24.3 Å². The number of nitrogens with one attached hydrogen (secondary N) is 1. The van der Waals surface area contributed by atoms with Crippen molar-refractivity contribution in [3.63, 3.8) is 0 Å². The number of rotatable bonds is 9. The number of carbonyl (C=O) groups excluding carboxylic acids is 1. The molecule has 0 aliphatic rings. The fourth-order valence-corrected chi connectivity index (χ4v) is 2.34. The predicted octanol–water partition coefficient (Wildman–Crippen LogP) is 3.41. The highest BCUT2D eigenvalue weighted by Gasteiger charge is 2.15. The largest absolute Gasteiger partial charge is 0.493 e. The van der Waals surface area contributed by atoms with Gasteiger partial charge in [0.05, 0.1) is 13.7 Å². The van der Waals surface area contributed by atoms with Crippen LogP contribution >= 0.6 is 0 Å². The van der Waals surface area contributed by atoms with Gasteiger partial charge in [-0.25, -0.2) is 0 Å². The molecule has 4 nitrogen and oxygen atoms in total. The number of benzene rings is 1. The average molecular weight is 317 g/mol. The first-order valence-corrected chi connectivity index (χ1v) is 8.22. The Kier molecular flexibility index (Phi) is 9.38. The van der Waals surface area contributed by atoms with Crippen LogP contribution in [0.4, 0.5) is 0 Å². The summed E-state index contributed by atoms with van der Waals surface area (Å²) in [5, 5.41) is 2.88. The van der Waals surface area contributed by atoms with E-state index in [1.165, 1.54) is 0 Å². The number of methoxy groups -OCH3 is 1. The van der Waals surface area contributed by atoms with E-state index in [1.807, 2.05) is 24.3 Å². The van der Waals surface area contributed by atoms with E-state index in [4.69, 9.17) is 9.47 Å². The lowest BCUT2D eigenvalue weighted by atomic mass is 9.97. The molecule has 0 aromatic heterocycles. The second-order valence-corrected chi connectivity index (χ2v) is 5.29. The zero-order valence-electron chi connectivity index (χ0n) is 14.4. The van der Waals surface area contributed by atoms with Gasteiger partial charge in [-0.2, -0.15) is 0 Å². The quantitative estimate of drug-likeness (QED) is 0.710. The molecule has 0 radical (unpaired) electrons. The van der Waals surface area contributed by atoms with E-state index >= 15 is 0 Å². The van der Waals surface area contributed by atoms with Gasteiger partial charge in [0.2, 0.25) is 5.91 Å². The van der Waals surface area contributed by atoms with Crippen LogP contribution in [0.15, 0.2) is 24.3 Å². The van der Waals surface area contributed by atoms with E-state index < -0.39 is 0 Å². The van der Waals surface area contributed by atoms with Gasteiger partial charge in [0.1, 0.15) is 6.61 Å². The topological polar surface area (TPSA) is 47.6 Å². The van der Waals surface area contributed by atoms with Gasteiger partial charge < -0.3 is 14.8 Å². The van der Waals surface area contributed by atoms with Gasteiger partial charge in [0, 0.05) is 5.92 Å². The monoisotopic (exact) mass is 317 g/mol. The number of amides is 1. The number of ether oxygens (including phenoxy) is 2. The SMILES string of the molecule is CCCC(CCC)C(=O)NCC#CCOc1ccccc1OC. The number of hydrogen-bond donors (Lipinski definition) is 1. The first-order chi connectivity index (χ1) is 11.2. The molecule has 0 saturated heterocycles. The Labute approximate surface area is 139 Å². The highest BCUT2D eigenvalue weighted by atomic mass is 16.5. The molecule has 1 rings (SSSR count). The third-order valence-corrected chi connectivity index (χ3v) is 3.49. The van der Waals surface area contributed by atoms with E-state index in [-0.39, 0.29) is 18.4 Å². The van der Waals surface area contributed by atoms with Crippen molar-refractivity contribution in [3.8, 4) is 23.3 Å². The molecule has 0 unspecified atom stereocenters. The van der Waals surface area contributed by atoms with Crippen molar-refractivity contribution < 1.29 is 14.3 Å². The molecule has 1 N–H and O–H groups in total. The second kappa shape index (κ2) is 11.4. The first-order valence-electron chi connectivity index (χ1n) is 8.22. The predicted molar refractivity (Wildman–Crippen MR) is 92.6 cm³/mol. The van der Waals surface area contributed by atoms with Crippen molar-refractivity contribution in [1.82, 2.24) is 5.32 Å². The van der Waals surface area contributed by atoms with Crippen LogP contribution in [0.5, 0.6) is 11.5 Å². The van der Waals surface area contributed by atoms with E-state index in [2.05, 4.69) is 31.0 Å². The van der Waals surface area contributed by atoms with Gasteiger partial charge in [-0.15, -0.1) is 0 Å². The first kappa shape index (κ1) is 18.9. The Balaban J connectivity index is 2.33. The number of para-hydroxylation sites is 2. The van der Waals surface area contributed by atoms with E-state index in [0.717, 1.165) is 25.7 Å². The van der Waals surface area contributed by atoms with Crippen LogP contribution in [0.25, 0.3) is 0 Å². The summed E-state index contributed by atoms with van der Waals surface area (Å²) < 4.78 is 10.7. The summed E-state index contributed by atoms with van der Waals surface area (Å²) in [7, 11) is 1.60. The summed E-state index contributed by atoms with van der Waals surface area (Å²) >= 11 is 0. The van der Waals surface area contributed by atoms with E-state index in [0.29, 0.717) is 18.0 Å². The fourth-order valence-electron chi connectivity index (χ4n) is 2.34. The minimum absolute atomic E-state index is 0.105. The van der Waals surface area contributed by atoms with Gasteiger partial charge in [-0.1, -0.05) is 50.7 Å². The number of hydrogen-bond acceptors (Lipinski definition) is 3. The van der Waals surface area contributed by atoms with Gasteiger partial charge in [-0.3, -0.25) is 4.79 Å². The van der Waals surface area contributed by atoms with E-state index in [1.54, 1.807) is 7.11 Å². The molecule has 0 atom stereocenters. The van der Waals surface area contributed by atoms with Gasteiger partial charge in [0.25, 0.3) is 0 Å². The third kappa shape index (κ3) is 7.10. The Hall–Kier alpha value is -2.15. The minimum Gasteiger partial charge on any atom is -0.493 e. The minimum atomic E-state index is 0.105. The third-order valence-electron chi connectivity index (χ3n) is 3.49. The molecule has 0 aliphatic heterocycles. The molecule has 1 amide bonds. The summed E-state index contributed by atoms with van der Waals surface area (Å²) in [6, 6.07) is 7.44. The van der Waals surface area contributed by atoms with Crippen molar-refractivity contribution in [1.29, 1.82) is 0 Å². The molecule has 1 aromatic rings. The molecule has 23 heavy (non-hydrogen) atoms. The summed E-state index contributed by atoms with van der Waals surface area (Å²) in [6.45, 7) is 4.83. The van der Waals surface area contributed by atoms with Crippen LogP contribution < -0.4 is 14.8 Å². The summed E-state index contributed by atoms with van der Waals surface area (Å²) in [6.07, 6.45) is 3.92. The molecule has 0 bridgehead atoms. The fraction of sp³-hybridized carbons (Fsp3) is 0.526. The zero-order valence-corrected chi connectivity index (χ0v) is 14.4. The standard InChI is InChI=1S/C19H27NO3/c1-4-10-16(11-5-2)19(21)20-14-8-9-15-23-18-13-7-6-12-17(18)22-3/h6-7,12-13,16H,4-5,10-11,14-15H2,1-3H3,(H,20,21). The van der Waals surface area contributed by atoms with Gasteiger partial charge >= 0.3 is 0 Å². The Bertz CT molecular complexity index is 525. The Morgan fingerprint density at radius 3 is 2.39 bits per heavy atom. The molecule has 1 aromatic carbocycles. The van der Waals surface area contributed by atoms with Crippen LogP contribution in [0.3, 0.4) is 0 Å². The maximum absolute atomic E-state index is 12.0. The van der Waals surface area contributed by atoms with Gasteiger partial charge in [0.15, 0.2) is 11.5 Å². The molecule has 0 aliphatic carbocycles. The zero-order chi connectivity index (χ0) is 16.9. The smallest absolute Gasteiger partial charge is 0.223 e. The molecular weight excluding hydrogens is 290 g/mol. The molecule has 0 heterocycles. The van der Waals surface area contributed by atoms with E-state index in [9.17, 15) is 4.79 Å². The maximum Gasteiger partial charge on any atom is 0.223 e. The molecular formula is C19H27NO3. The summed E-state index contributed by atoms with van der Waals surface area (Å²) in [5.74, 6) is 7.38. The van der Waals surface area contributed by atoms with Crippen LogP contribution in [0, 0.1) is 17.8 Å². The lowest BCUT2D eigenvalue weighted by Gasteiger charge is -2.13. The highest BCUT2D eigenvalue weighted by molar-refractivity contribution is 5.78.